The highest BCUT2D eigenvalue weighted by Crippen LogP contribution is 2.17. The van der Waals surface area contributed by atoms with Crippen molar-refractivity contribution in [3.8, 4) is 0 Å². The maximum absolute atomic E-state index is 12.7. The van der Waals surface area contributed by atoms with Gasteiger partial charge in [-0.2, -0.15) is 0 Å². The van der Waals surface area contributed by atoms with Crippen LogP contribution in [0.1, 0.15) is 5.56 Å². The van der Waals surface area contributed by atoms with E-state index in [2.05, 4.69) is 21.2 Å². The molecular weight excluding hydrogens is 240 g/mol. The summed E-state index contributed by atoms with van der Waals surface area (Å²) in [6.07, 6.45) is 0. The summed E-state index contributed by atoms with van der Waals surface area (Å²) in [5.74, 6) is -0.278. The van der Waals surface area contributed by atoms with Crippen LogP contribution in [0.15, 0.2) is 22.7 Å². The van der Waals surface area contributed by atoms with E-state index in [0.717, 1.165) is 10.0 Å². The number of halogens is 3. The zero-order chi connectivity index (χ0) is 9.68. The number of hydrogen-bond donors (Lipinski definition) is 1. The monoisotopic (exact) mass is 249 g/mol. The van der Waals surface area contributed by atoms with E-state index in [9.17, 15) is 8.78 Å². The fourth-order valence-corrected chi connectivity index (χ4v) is 1.36. The van der Waals surface area contributed by atoms with E-state index in [-0.39, 0.29) is 5.82 Å². The molecule has 1 rings (SSSR count). The summed E-state index contributed by atoms with van der Waals surface area (Å²) in [7, 11) is 0. The molecule has 0 aliphatic heterocycles. The topological polar surface area (TPSA) is 12.0 Å². The molecule has 1 N–H and O–H groups in total. The van der Waals surface area contributed by atoms with E-state index in [1.54, 1.807) is 6.07 Å². The van der Waals surface area contributed by atoms with Crippen LogP contribution in [0.4, 0.5) is 8.78 Å². The second-order valence-corrected chi connectivity index (χ2v) is 3.46. The Bertz CT molecular complexity index is 278. The minimum Gasteiger partial charge on any atom is -0.310 e. The lowest BCUT2D eigenvalue weighted by Gasteiger charge is -2.04. The van der Waals surface area contributed by atoms with E-state index >= 15 is 0 Å². The van der Waals surface area contributed by atoms with Gasteiger partial charge in [-0.15, -0.1) is 0 Å². The van der Waals surface area contributed by atoms with Crippen molar-refractivity contribution < 1.29 is 8.78 Å². The molecule has 0 saturated heterocycles. The molecule has 0 fully saturated rings. The third kappa shape index (κ3) is 3.40. The van der Waals surface area contributed by atoms with Crippen LogP contribution in [0, 0.1) is 5.82 Å². The first-order valence-corrected chi connectivity index (χ1v) is 4.74. The highest BCUT2D eigenvalue weighted by atomic mass is 79.9. The van der Waals surface area contributed by atoms with E-state index in [1.165, 1.54) is 12.1 Å². The molecule has 1 aromatic carbocycles. The first-order valence-electron chi connectivity index (χ1n) is 3.94. The van der Waals surface area contributed by atoms with Gasteiger partial charge >= 0.3 is 0 Å². The highest BCUT2D eigenvalue weighted by Gasteiger charge is 2.00. The molecule has 72 valence electrons. The van der Waals surface area contributed by atoms with Crippen LogP contribution < -0.4 is 5.32 Å². The summed E-state index contributed by atoms with van der Waals surface area (Å²) in [6.45, 7) is 0.359. The standard InChI is InChI=1S/C9H10BrF2N/c10-9-2-1-8(12)5-7(9)6-13-4-3-11/h1-2,5,13H,3-4,6H2. The molecule has 0 radical (unpaired) electrons. The lowest BCUT2D eigenvalue weighted by molar-refractivity contribution is 0.466. The SMILES string of the molecule is FCCNCc1cc(F)ccc1Br. The lowest BCUT2D eigenvalue weighted by atomic mass is 10.2. The van der Waals surface area contributed by atoms with Crippen LogP contribution in [-0.4, -0.2) is 13.2 Å². The zero-order valence-electron chi connectivity index (χ0n) is 6.99. The summed E-state index contributed by atoms with van der Waals surface area (Å²) in [6, 6.07) is 4.44. The molecule has 0 aliphatic rings. The van der Waals surface area contributed by atoms with Crippen molar-refractivity contribution in [2.75, 3.05) is 13.2 Å². The lowest BCUT2D eigenvalue weighted by Crippen LogP contribution is -2.16. The third-order valence-electron chi connectivity index (χ3n) is 1.59. The molecule has 0 saturated carbocycles. The Morgan fingerprint density at radius 1 is 1.38 bits per heavy atom. The second kappa shape index (κ2) is 5.29. The molecule has 0 aliphatic carbocycles. The van der Waals surface area contributed by atoms with Gasteiger partial charge in [0.05, 0.1) is 0 Å². The van der Waals surface area contributed by atoms with E-state index in [4.69, 9.17) is 0 Å². The minimum absolute atomic E-state index is 0.278. The quantitative estimate of drug-likeness (QED) is 0.810. The van der Waals surface area contributed by atoms with Crippen molar-refractivity contribution in [2.24, 2.45) is 0 Å². The molecule has 1 aromatic rings. The molecule has 0 atom stereocenters. The van der Waals surface area contributed by atoms with Crippen molar-refractivity contribution in [1.82, 2.24) is 5.32 Å². The number of nitrogens with one attached hydrogen (secondary N) is 1. The Kier molecular flexibility index (Phi) is 4.32. The van der Waals surface area contributed by atoms with Gasteiger partial charge in [-0.3, -0.25) is 0 Å². The summed E-state index contributed by atoms with van der Waals surface area (Å²) < 4.78 is 25.3. The second-order valence-electron chi connectivity index (χ2n) is 2.60. The highest BCUT2D eigenvalue weighted by molar-refractivity contribution is 9.10. The van der Waals surface area contributed by atoms with Crippen molar-refractivity contribution in [1.29, 1.82) is 0 Å². The number of hydrogen-bond acceptors (Lipinski definition) is 1. The van der Waals surface area contributed by atoms with E-state index in [1.807, 2.05) is 0 Å². The normalized spacial score (nSPS) is 10.4. The summed E-state index contributed by atoms with van der Waals surface area (Å²) in [5.41, 5.74) is 0.799. The van der Waals surface area contributed by atoms with Crippen molar-refractivity contribution in [3.63, 3.8) is 0 Å². The van der Waals surface area contributed by atoms with Crippen LogP contribution in [-0.2, 0) is 6.54 Å². The Morgan fingerprint density at radius 3 is 2.85 bits per heavy atom. The van der Waals surface area contributed by atoms with Crippen LogP contribution in [0.2, 0.25) is 0 Å². The van der Waals surface area contributed by atoms with Crippen LogP contribution in [0.3, 0.4) is 0 Å². The number of benzene rings is 1. The molecule has 0 amide bonds. The molecule has 0 unspecified atom stereocenters. The summed E-state index contributed by atoms with van der Waals surface area (Å²) in [5, 5.41) is 2.85. The van der Waals surface area contributed by atoms with Gasteiger partial charge in [0.15, 0.2) is 0 Å². The van der Waals surface area contributed by atoms with Crippen molar-refractivity contribution >= 4 is 15.9 Å². The fourth-order valence-electron chi connectivity index (χ4n) is 0.969. The third-order valence-corrected chi connectivity index (χ3v) is 2.37. The predicted octanol–water partition coefficient (Wildman–Crippen LogP) is 2.65. The molecule has 13 heavy (non-hydrogen) atoms. The number of rotatable bonds is 4. The van der Waals surface area contributed by atoms with E-state index < -0.39 is 6.67 Å². The van der Waals surface area contributed by atoms with Gasteiger partial charge in [0.2, 0.25) is 0 Å². The molecule has 0 heterocycles. The smallest absolute Gasteiger partial charge is 0.123 e. The van der Waals surface area contributed by atoms with Gasteiger partial charge < -0.3 is 5.32 Å². The molecule has 1 nitrogen and oxygen atoms in total. The van der Waals surface area contributed by atoms with Gasteiger partial charge in [-0.1, -0.05) is 15.9 Å². The first kappa shape index (κ1) is 10.6. The predicted molar refractivity (Wildman–Crippen MR) is 51.8 cm³/mol. The van der Waals surface area contributed by atoms with Crippen LogP contribution in [0.5, 0.6) is 0 Å². The Hall–Kier alpha value is -0.480. The fraction of sp³-hybridized carbons (Fsp3) is 0.333. The molecular formula is C9H10BrF2N. The van der Waals surface area contributed by atoms with Crippen LogP contribution in [0.25, 0.3) is 0 Å². The van der Waals surface area contributed by atoms with Gasteiger partial charge in [0, 0.05) is 17.6 Å². The van der Waals surface area contributed by atoms with Gasteiger partial charge in [0.25, 0.3) is 0 Å². The van der Waals surface area contributed by atoms with Gasteiger partial charge in [-0.05, 0) is 23.8 Å². The largest absolute Gasteiger partial charge is 0.310 e. The maximum atomic E-state index is 12.7. The average Bonchev–Trinajstić information content (AvgIpc) is 2.11. The molecule has 0 spiro atoms. The average molecular weight is 250 g/mol. The Morgan fingerprint density at radius 2 is 2.15 bits per heavy atom. The molecule has 0 bridgehead atoms. The Balaban J connectivity index is 2.59. The molecule has 0 aromatic heterocycles. The summed E-state index contributed by atoms with van der Waals surface area (Å²) in [4.78, 5) is 0. The van der Waals surface area contributed by atoms with Crippen LogP contribution >= 0.6 is 15.9 Å². The van der Waals surface area contributed by atoms with Gasteiger partial charge in [0.1, 0.15) is 12.5 Å². The van der Waals surface area contributed by atoms with Gasteiger partial charge in [-0.25, -0.2) is 8.78 Å². The number of alkyl halides is 1. The zero-order valence-corrected chi connectivity index (χ0v) is 8.57. The van der Waals surface area contributed by atoms with Crippen molar-refractivity contribution in [2.45, 2.75) is 6.54 Å². The Labute approximate surface area is 84.3 Å². The van der Waals surface area contributed by atoms with E-state index in [0.29, 0.717) is 13.1 Å². The maximum Gasteiger partial charge on any atom is 0.123 e. The minimum atomic E-state index is -0.410. The van der Waals surface area contributed by atoms with Crippen molar-refractivity contribution in [3.05, 3.63) is 34.1 Å². The summed E-state index contributed by atoms with van der Waals surface area (Å²) >= 11 is 3.28. The molecule has 4 heteroatoms. The first-order chi connectivity index (χ1) is 6.24.